The molecule has 0 atom stereocenters. The summed E-state index contributed by atoms with van der Waals surface area (Å²) in [4.78, 5) is 38.3. The Morgan fingerprint density at radius 1 is 0.537 bits per heavy atom. The minimum atomic E-state index is -0.846. The number of rotatable bonds is 6. The first-order valence-corrected chi connectivity index (χ1v) is 12.0. The molecule has 41 heavy (non-hydrogen) atoms. The summed E-state index contributed by atoms with van der Waals surface area (Å²) in [5.74, 6) is 7.34. The van der Waals surface area contributed by atoms with Gasteiger partial charge < -0.3 is 14.8 Å². The van der Waals surface area contributed by atoms with Crippen molar-refractivity contribution >= 4 is 35.2 Å². The van der Waals surface area contributed by atoms with Crippen molar-refractivity contribution in [2.45, 2.75) is 0 Å². The van der Waals surface area contributed by atoms with E-state index in [1.807, 2.05) is 0 Å². The summed E-state index contributed by atoms with van der Waals surface area (Å²) in [6, 6.07) is 23.7. The second-order valence-corrected chi connectivity index (χ2v) is 8.35. The van der Waals surface area contributed by atoms with Crippen molar-refractivity contribution in [3.8, 4) is 48.5 Å². The number of anilines is 3. The minimum Gasteiger partial charge on any atom is -0.410 e. The van der Waals surface area contributed by atoms with Crippen LogP contribution < -0.4 is 25.4 Å². The predicted molar refractivity (Wildman–Crippen MR) is 157 cm³/mol. The summed E-state index contributed by atoms with van der Waals surface area (Å²) >= 11 is 0. The lowest BCUT2D eigenvalue weighted by atomic mass is 10.1. The molecule has 0 fully saturated rings. The van der Waals surface area contributed by atoms with Gasteiger partial charge in [0.25, 0.3) is 5.91 Å². The number of amides is 3. The monoisotopic (exact) mass is 539 g/mol. The van der Waals surface area contributed by atoms with E-state index in [1.54, 1.807) is 60.7 Å². The molecule has 0 saturated heterocycles. The lowest BCUT2D eigenvalue weighted by molar-refractivity contribution is 0.102. The number of benzene rings is 4. The number of hydrogen-bond donors (Lipinski definition) is 3. The van der Waals surface area contributed by atoms with Crippen LogP contribution in [0.2, 0.25) is 0 Å². The highest BCUT2D eigenvalue weighted by molar-refractivity contribution is 6.06. The molecule has 0 unspecified atom stereocenters. The van der Waals surface area contributed by atoms with Crippen LogP contribution in [0.5, 0.6) is 11.5 Å². The van der Waals surface area contributed by atoms with E-state index in [-0.39, 0.29) is 28.4 Å². The van der Waals surface area contributed by atoms with Gasteiger partial charge in [-0.05, 0) is 78.9 Å². The Morgan fingerprint density at radius 3 is 1.49 bits per heavy atom. The molecule has 4 aromatic rings. The van der Waals surface area contributed by atoms with Gasteiger partial charge in [0.1, 0.15) is 11.5 Å². The second-order valence-electron chi connectivity index (χ2n) is 8.35. The van der Waals surface area contributed by atoms with E-state index in [0.29, 0.717) is 22.4 Å². The third-order valence-electron chi connectivity index (χ3n) is 5.42. The van der Waals surface area contributed by atoms with Crippen LogP contribution >= 0.6 is 0 Å². The van der Waals surface area contributed by atoms with Crippen LogP contribution in [0.25, 0.3) is 0 Å². The average molecular weight is 540 g/mol. The van der Waals surface area contributed by atoms with E-state index in [0.717, 1.165) is 0 Å². The summed E-state index contributed by atoms with van der Waals surface area (Å²) in [5, 5.41) is 7.85. The first kappa shape index (κ1) is 27.6. The van der Waals surface area contributed by atoms with Crippen LogP contribution in [-0.2, 0) is 0 Å². The highest BCUT2D eigenvalue weighted by Gasteiger charge is 2.15. The molecule has 3 N–H and O–H groups in total. The molecule has 198 valence electrons. The first-order chi connectivity index (χ1) is 19.8. The van der Waals surface area contributed by atoms with Crippen LogP contribution in [0.1, 0.15) is 27.0 Å². The van der Waals surface area contributed by atoms with Crippen molar-refractivity contribution in [1.29, 1.82) is 0 Å². The predicted octanol–water partition coefficient (Wildman–Crippen LogP) is 6.10. The Hall–Kier alpha value is -6.43. The maximum absolute atomic E-state index is 13.1. The SMILES string of the molecule is C#Cc1ccc(NC(=O)c2cc(NC(=O)Oc3cccc(C#C)c3)cc(NC(=O)Oc3cccc(C#C)c3)c2)cc1. The zero-order valence-electron chi connectivity index (χ0n) is 21.4. The summed E-state index contributed by atoms with van der Waals surface area (Å²) in [7, 11) is 0. The highest BCUT2D eigenvalue weighted by atomic mass is 16.6. The van der Waals surface area contributed by atoms with Gasteiger partial charge in [0, 0.05) is 39.3 Å². The van der Waals surface area contributed by atoms with Crippen molar-refractivity contribution in [3.63, 3.8) is 0 Å². The van der Waals surface area contributed by atoms with E-state index in [4.69, 9.17) is 28.7 Å². The molecular weight excluding hydrogens is 518 g/mol. The van der Waals surface area contributed by atoms with Gasteiger partial charge in [-0.25, -0.2) is 9.59 Å². The number of terminal acetylenes is 3. The Balaban J connectivity index is 1.56. The van der Waals surface area contributed by atoms with E-state index in [1.165, 1.54) is 30.3 Å². The van der Waals surface area contributed by atoms with Crippen LogP contribution in [0.15, 0.2) is 91.0 Å². The largest absolute Gasteiger partial charge is 0.417 e. The molecule has 0 bridgehead atoms. The van der Waals surface area contributed by atoms with E-state index in [9.17, 15) is 14.4 Å². The van der Waals surface area contributed by atoms with Crippen LogP contribution in [0.3, 0.4) is 0 Å². The molecule has 0 aliphatic rings. The van der Waals surface area contributed by atoms with Crippen LogP contribution in [0, 0.1) is 37.0 Å². The molecule has 0 heterocycles. The van der Waals surface area contributed by atoms with Gasteiger partial charge in [0.15, 0.2) is 0 Å². The molecule has 8 heteroatoms. The molecule has 4 aromatic carbocycles. The molecule has 0 spiro atoms. The fraction of sp³-hybridized carbons (Fsp3) is 0. The van der Waals surface area contributed by atoms with Gasteiger partial charge >= 0.3 is 12.2 Å². The molecular formula is C33H21N3O5. The maximum Gasteiger partial charge on any atom is 0.417 e. The number of hydrogen-bond acceptors (Lipinski definition) is 5. The van der Waals surface area contributed by atoms with Gasteiger partial charge in [-0.3, -0.25) is 15.4 Å². The summed E-state index contributed by atoms with van der Waals surface area (Å²) < 4.78 is 10.6. The maximum atomic E-state index is 13.1. The quantitative estimate of drug-likeness (QED) is 0.257. The van der Waals surface area contributed by atoms with Gasteiger partial charge in [-0.15, -0.1) is 19.3 Å². The number of carbonyl (C=O) groups is 3. The normalized spacial score (nSPS) is 9.68. The molecule has 8 nitrogen and oxygen atoms in total. The summed E-state index contributed by atoms with van der Waals surface area (Å²) in [6.45, 7) is 0. The molecule has 0 aliphatic carbocycles. The van der Waals surface area contributed by atoms with E-state index in [2.05, 4.69) is 33.7 Å². The third kappa shape index (κ3) is 7.78. The van der Waals surface area contributed by atoms with Gasteiger partial charge in [-0.2, -0.15) is 0 Å². The molecule has 0 aliphatic heterocycles. The van der Waals surface area contributed by atoms with Crippen molar-refractivity contribution in [1.82, 2.24) is 0 Å². The molecule has 0 aromatic heterocycles. The first-order valence-electron chi connectivity index (χ1n) is 12.0. The Morgan fingerprint density at radius 2 is 1.02 bits per heavy atom. The van der Waals surface area contributed by atoms with Gasteiger partial charge in [-0.1, -0.05) is 29.9 Å². The number of ether oxygens (including phenoxy) is 2. The standard InChI is InChI=1S/C33H21N3O5/c1-4-22-13-15-26(16-14-22)34-31(37)25-19-27(35-32(38)40-29-11-7-9-23(5-2)17-29)21-28(20-25)36-33(39)41-30-12-8-10-24(6-3)18-30/h1-3,7-21H,(H,34,37)(H,35,38)(H,36,39). The van der Waals surface area contributed by atoms with E-state index < -0.39 is 18.1 Å². The smallest absolute Gasteiger partial charge is 0.410 e. The zero-order chi connectivity index (χ0) is 29.2. The highest BCUT2D eigenvalue weighted by Crippen LogP contribution is 2.23. The fourth-order valence-electron chi connectivity index (χ4n) is 3.56. The molecule has 3 amide bonds. The van der Waals surface area contributed by atoms with Gasteiger partial charge in [0.2, 0.25) is 0 Å². The van der Waals surface area contributed by atoms with Gasteiger partial charge in [0.05, 0.1) is 0 Å². The Labute approximate surface area is 236 Å². The Bertz CT molecular complexity index is 1660. The zero-order valence-corrected chi connectivity index (χ0v) is 21.4. The third-order valence-corrected chi connectivity index (χ3v) is 5.42. The lowest BCUT2D eigenvalue weighted by Crippen LogP contribution is -2.20. The van der Waals surface area contributed by atoms with Crippen molar-refractivity contribution in [2.24, 2.45) is 0 Å². The second kappa shape index (κ2) is 12.9. The topological polar surface area (TPSA) is 106 Å². The molecule has 4 rings (SSSR count). The number of carbonyl (C=O) groups excluding carboxylic acids is 3. The molecule has 0 saturated carbocycles. The van der Waals surface area contributed by atoms with Crippen LogP contribution in [0.4, 0.5) is 26.7 Å². The number of nitrogens with one attached hydrogen (secondary N) is 3. The lowest BCUT2D eigenvalue weighted by Gasteiger charge is -2.13. The van der Waals surface area contributed by atoms with Crippen molar-refractivity contribution < 1.29 is 23.9 Å². The minimum absolute atomic E-state index is 0.114. The van der Waals surface area contributed by atoms with Crippen molar-refractivity contribution in [2.75, 3.05) is 16.0 Å². The van der Waals surface area contributed by atoms with E-state index >= 15 is 0 Å². The van der Waals surface area contributed by atoms with Crippen molar-refractivity contribution in [3.05, 3.63) is 113 Å². The molecule has 0 radical (unpaired) electrons. The summed E-state index contributed by atoms with van der Waals surface area (Å²) in [5.41, 5.74) is 2.62. The Kier molecular flexibility index (Phi) is 8.67. The average Bonchev–Trinajstić information content (AvgIpc) is 2.97. The van der Waals surface area contributed by atoms with Crippen LogP contribution in [-0.4, -0.2) is 18.1 Å². The summed E-state index contributed by atoms with van der Waals surface area (Å²) in [6.07, 6.45) is 14.5. The fourth-order valence-corrected chi connectivity index (χ4v) is 3.56.